The normalized spacial score (nSPS) is 12.2. The van der Waals surface area contributed by atoms with Gasteiger partial charge in [0.1, 0.15) is 18.0 Å². The van der Waals surface area contributed by atoms with Crippen molar-refractivity contribution in [2.24, 2.45) is 5.92 Å². The highest BCUT2D eigenvalue weighted by molar-refractivity contribution is 7.92. The molecule has 0 aliphatic heterocycles. The Hall–Kier alpha value is -3.52. The van der Waals surface area contributed by atoms with Gasteiger partial charge in [0.25, 0.3) is 10.0 Å². The Morgan fingerprint density at radius 1 is 0.861 bits per heavy atom. The molecule has 3 aromatic carbocycles. The van der Waals surface area contributed by atoms with E-state index in [2.05, 4.69) is 19.2 Å². The van der Waals surface area contributed by atoms with Gasteiger partial charge in [-0.15, -0.1) is 0 Å². The molecule has 0 aliphatic carbocycles. The van der Waals surface area contributed by atoms with Crippen LogP contribution < -0.4 is 19.1 Å². The minimum absolute atomic E-state index is 0.116. The number of anilines is 1. The van der Waals surface area contributed by atoms with Crippen molar-refractivity contribution in [3.8, 4) is 11.5 Å². The summed E-state index contributed by atoms with van der Waals surface area (Å²) in [6, 6.07) is 20.4. The van der Waals surface area contributed by atoms with Gasteiger partial charge in [-0.3, -0.25) is 9.10 Å². The molecule has 0 radical (unpaired) electrons. The lowest BCUT2D eigenvalue weighted by Gasteiger charge is -2.27. The maximum Gasteiger partial charge on any atom is 0.264 e. The van der Waals surface area contributed by atoms with Crippen molar-refractivity contribution >= 4 is 21.6 Å². The van der Waals surface area contributed by atoms with Crippen molar-refractivity contribution in [3.05, 3.63) is 83.9 Å². The summed E-state index contributed by atoms with van der Waals surface area (Å²) in [6.45, 7) is 5.68. The molecule has 3 aromatic rings. The molecule has 0 unspecified atom stereocenters. The van der Waals surface area contributed by atoms with Crippen LogP contribution in [0.15, 0.2) is 77.7 Å². The number of nitrogens with one attached hydrogen (secondary N) is 1. The maximum absolute atomic E-state index is 13.6. The van der Waals surface area contributed by atoms with Gasteiger partial charge in [0.2, 0.25) is 5.91 Å². The molecule has 7 nitrogen and oxygen atoms in total. The van der Waals surface area contributed by atoms with Crippen LogP contribution in [0.2, 0.25) is 0 Å². The van der Waals surface area contributed by atoms with Crippen LogP contribution in [0.4, 0.5) is 5.69 Å². The molecule has 0 saturated heterocycles. The summed E-state index contributed by atoms with van der Waals surface area (Å²) in [5.41, 5.74) is 2.24. The average molecular weight is 511 g/mol. The van der Waals surface area contributed by atoms with Gasteiger partial charge < -0.3 is 14.8 Å². The Labute approximate surface area is 214 Å². The predicted molar refractivity (Wildman–Crippen MR) is 142 cm³/mol. The first-order valence-electron chi connectivity index (χ1n) is 11.8. The second-order valence-corrected chi connectivity index (χ2v) is 10.9. The van der Waals surface area contributed by atoms with Crippen LogP contribution in [0.1, 0.15) is 37.4 Å². The van der Waals surface area contributed by atoms with Gasteiger partial charge in [-0.25, -0.2) is 8.42 Å². The van der Waals surface area contributed by atoms with Crippen LogP contribution in [0.25, 0.3) is 0 Å². The summed E-state index contributed by atoms with van der Waals surface area (Å²) >= 11 is 0. The van der Waals surface area contributed by atoms with E-state index >= 15 is 0 Å². The lowest BCUT2D eigenvalue weighted by atomic mass is 9.97. The number of ether oxygens (including phenoxy) is 2. The van der Waals surface area contributed by atoms with E-state index in [1.54, 1.807) is 55.6 Å². The third-order valence-electron chi connectivity index (χ3n) is 5.82. The predicted octanol–water partition coefficient (Wildman–Crippen LogP) is 5.11. The largest absolute Gasteiger partial charge is 0.497 e. The van der Waals surface area contributed by atoms with Crippen LogP contribution in [-0.4, -0.2) is 35.1 Å². The zero-order valence-electron chi connectivity index (χ0n) is 21.4. The van der Waals surface area contributed by atoms with Crippen LogP contribution in [-0.2, 0) is 14.8 Å². The molecule has 3 rings (SSSR count). The Morgan fingerprint density at radius 3 is 1.89 bits per heavy atom. The number of aryl methyl sites for hydroxylation is 1. The van der Waals surface area contributed by atoms with E-state index in [0.29, 0.717) is 23.8 Å². The average Bonchev–Trinajstić information content (AvgIpc) is 2.87. The van der Waals surface area contributed by atoms with Crippen LogP contribution in [0, 0.1) is 12.8 Å². The van der Waals surface area contributed by atoms with Crippen molar-refractivity contribution in [3.63, 3.8) is 0 Å². The first-order valence-corrected chi connectivity index (χ1v) is 13.2. The van der Waals surface area contributed by atoms with Crippen molar-refractivity contribution < 1.29 is 22.7 Å². The molecule has 0 saturated carbocycles. The number of carbonyl (C=O) groups excluding carboxylic acids is 1. The number of methoxy groups -OCH3 is 2. The number of hydrogen-bond donors (Lipinski definition) is 1. The first-order chi connectivity index (χ1) is 17.1. The Bertz CT molecular complexity index is 1240. The SMILES string of the molecule is COc1ccc([C@@H](CC(C)C)NC(=O)CN(c2ccc(OC)cc2)S(=O)(=O)c2ccc(C)cc2)cc1. The van der Waals surface area contributed by atoms with E-state index in [0.717, 1.165) is 21.2 Å². The van der Waals surface area contributed by atoms with E-state index in [1.807, 2.05) is 31.2 Å². The number of rotatable bonds is 11. The second-order valence-electron chi connectivity index (χ2n) is 9.05. The van der Waals surface area contributed by atoms with Crippen molar-refractivity contribution in [1.82, 2.24) is 5.32 Å². The second kappa shape index (κ2) is 11.9. The molecule has 0 spiro atoms. The molecule has 1 amide bonds. The molecule has 0 heterocycles. The molecule has 0 aliphatic rings. The molecule has 1 N–H and O–H groups in total. The third-order valence-corrected chi connectivity index (χ3v) is 7.61. The molecule has 8 heteroatoms. The summed E-state index contributed by atoms with van der Waals surface area (Å²) in [4.78, 5) is 13.4. The topological polar surface area (TPSA) is 84.9 Å². The molecule has 1 atom stereocenters. The van der Waals surface area contributed by atoms with Crippen LogP contribution in [0.3, 0.4) is 0 Å². The molecule has 0 aromatic heterocycles. The van der Waals surface area contributed by atoms with Gasteiger partial charge in [0.15, 0.2) is 0 Å². The molecule has 36 heavy (non-hydrogen) atoms. The van der Waals surface area contributed by atoms with E-state index < -0.39 is 15.9 Å². The summed E-state index contributed by atoms with van der Waals surface area (Å²) in [6.07, 6.45) is 0.700. The Balaban J connectivity index is 1.92. The Morgan fingerprint density at radius 2 is 1.39 bits per heavy atom. The maximum atomic E-state index is 13.6. The fourth-order valence-corrected chi connectivity index (χ4v) is 5.28. The van der Waals surface area contributed by atoms with Crippen LogP contribution in [0.5, 0.6) is 11.5 Å². The molecular weight excluding hydrogens is 476 g/mol. The fraction of sp³-hybridized carbons (Fsp3) is 0.321. The quantitative estimate of drug-likeness (QED) is 0.387. The molecule has 192 valence electrons. The zero-order chi connectivity index (χ0) is 26.3. The lowest BCUT2D eigenvalue weighted by Crippen LogP contribution is -2.42. The van der Waals surface area contributed by atoms with Crippen LogP contribution >= 0.6 is 0 Å². The summed E-state index contributed by atoms with van der Waals surface area (Å²) in [5.74, 6) is 1.23. The number of benzene rings is 3. The van der Waals surface area contributed by atoms with Gasteiger partial charge in [0.05, 0.1) is 30.8 Å². The molecular formula is C28H34N2O5S. The van der Waals surface area contributed by atoms with Gasteiger partial charge in [-0.05, 0) is 73.4 Å². The number of nitrogens with zero attached hydrogens (tertiary/aromatic N) is 1. The molecule has 0 fully saturated rings. The van der Waals surface area contributed by atoms with E-state index in [4.69, 9.17) is 9.47 Å². The highest BCUT2D eigenvalue weighted by atomic mass is 32.2. The van der Waals surface area contributed by atoms with E-state index in [-0.39, 0.29) is 17.5 Å². The van der Waals surface area contributed by atoms with E-state index in [9.17, 15) is 13.2 Å². The highest BCUT2D eigenvalue weighted by Crippen LogP contribution is 2.27. The van der Waals surface area contributed by atoms with Crippen molar-refractivity contribution in [2.45, 2.75) is 38.1 Å². The summed E-state index contributed by atoms with van der Waals surface area (Å²) in [7, 11) is -0.862. The number of hydrogen-bond acceptors (Lipinski definition) is 5. The van der Waals surface area contributed by atoms with Gasteiger partial charge >= 0.3 is 0 Å². The monoisotopic (exact) mass is 510 g/mol. The summed E-state index contributed by atoms with van der Waals surface area (Å²) < 4.78 is 38.9. The smallest absolute Gasteiger partial charge is 0.264 e. The third kappa shape index (κ3) is 6.79. The first kappa shape index (κ1) is 27.1. The van der Waals surface area contributed by atoms with Gasteiger partial charge in [0, 0.05) is 0 Å². The lowest BCUT2D eigenvalue weighted by molar-refractivity contribution is -0.120. The van der Waals surface area contributed by atoms with Crippen molar-refractivity contribution in [1.29, 1.82) is 0 Å². The van der Waals surface area contributed by atoms with Gasteiger partial charge in [-0.2, -0.15) is 0 Å². The van der Waals surface area contributed by atoms with Crippen molar-refractivity contribution in [2.75, 3.05) is 25.1 Å². The summed E-state index contributed by atoms with van der Waals surface area (Å²) in [5, 5.41) is 3.05. The minimum atomic E-state index is -4.00. The standard InChI is InChI=1S/C28H34N2O5S/c1-20(2)18-27(22-8-12-24(34-4)13-9-22)29-28(31)19-30(23-10-14-25(35-5)15-11-23)36(32,33)26-16-6-21(3)7-17-26/h6-17,20,27H,18-19H2,1-5H3,(H,29,31)/t27-/m1/s1. The number of sulfonamides is 1. The van der Waals surface area contributed by atoms with E-state index in [1.165, 1.54) is 7.11 Å². The molecule has 0 bridgehead atoms. The number of amides is 1. The fourth-order valence-electron chi connectivity index (χ4n) is 3.86. The Kier molecular flexibility index (Phi) is 8.98. The zero-order valence-corrected chi connectivity index (χ0v) is 22.2. The van der Waals surface area contributed by atoms with Gasteiger partial charge in [-0.1, -0.05) is 43.7 Å². The highest BCUT2D eigenvalue weighted by Gasteiger charge is 2.28. The minimum Gasteiger partial charge on any atom is -0.497 e. The number of carbonyl (C=O) groups is 1.